The summed E-state index contributed by atoms with van der Waals surface area (Å²) in [6, 6.07) is 0. The Morgan fingerprint density at radius 2 is 1.94 bits per heavy atom. The van der Waals surface area contributed by atoms with E-state index >= 15 is 0 Å². The molecule has 0 aliphatic heterocycles. The third-order valence-electron chi connectivity index (χ3n) is 5.33. The molecule has 17 heavy (non-hydrogen) atoms. The Morgan fingerprint density at radius 3 is 2.71 bits per heavy atom. The minimum absolute atomic E-state index is 0.327. The molecule has 92 valence electrons. The van der Waals surface area contributed by atoms with Crippen LogP contribution in [0.5, 0.6) is 0 Å². The van der Waals surface area contributed by atoms with Crippen LogP contribution in [0, 0.1) is 16.7 Å². The van der Waals surface area contributed by atoms with E-state index in [9.17, 15) is 4.79 Å². The monoisotopic (exact) mass is 230 g/mol. The van der Waals surface area contributed by atoms with E-state index in [4.69, 9.17) is 0 Å². The summed E-state index contributed by atoms with van der Waals surface area (Å²) < 4.78 is 0. The van der Waals surface area contributed by atoms with Crippen LogP contribution in [-0.4, -0.2) is 5.78 Å². The Balaban J connectivity index is 2.10. The van der Waals surface area contributed by atoms with Crippen molar-refractivity contribution in [3.05, 3.63) is 23.3 Å². The van der Waals surface area contributed by atoms with Gasteiger partial charge in [0.05, 0.1) is 0 Å². The quantitative estimate of drug-likeness (QED) is 0.613. The number of rotatable bonds is 0. The van der Waals surface area contributed by atoms with Crippen LogP contribution in [0.15, 0.2) is 23.3 Å². The van der Waals surface area contributed by atoms with Crippen molar-refractivity contribution in [2.45, 2.75) is 52.9 Å². The summed E-state index contributed by atoms with van der Waals surface area (Å²) in [5, 5.41) is 0. The van der Waals surface area contributed by atoms with Crippen LogP contribution in [0.2, 0.25) is 0 Å². The van der Waals surface area contributed by atoms with Crippen molar-refractivity contribution in [2.24, 2.45) is 16.7 Å². The highest BCUT2D eigenvalue weighted by Gasteiger charge is 2.51. The van der Waals surface area contributed by atoms with Crippen LogP contribution < -0.4 is 0 Å². The number of carbonyl (C=O) groups excluding carboxylic acids is 1. The summed E-state index contributed by atoms with van der Waals surface area (Å²) in [6.07, 6.45) is 10.0. The van der Waals surface area contributed by atoms with Gasteiger partial charge in [-0.15, -0.1) is 0 Å². The Labute approximate surface area is 104 Å². The zero-order chi connectivity index (χ0) is 12.3. The van der Waals surface area contributed by atoms with Gasteiger partial charge in [0.2, 0.25) is 0 Å². The zero-order valence-electron chi connectivity index (χ0n) is 11.2. The van der Waals surface area contributed by atoms with Gasteiger partial charge in [-0.2, -0.15) is 0 Å². The first kappa shape index (κ1) is 11.3. The summed E-state index contributed by atoms with van der Waals surface area (Å²) in [6.45, 7) is 7.17. The van der Waals surface area contributed by atoms with Crippen LogP contribution in [0.4, 0.5) is 0 Å². The molecule has 0 amide bonds. The molecule has 0 radical (unpaired) electrons. The minimum atomic E-state index is 0.327. The highest BCUT2D eigenvalue weighted by molar-refractivity contribution is 5.92. The number of ketones is 1. The van der Waals surface area contributed by atoms with Gasteiger partial charge in [0.15, 0.2) is 5.78 Å². The first-order chi connectivity index (χ1) is 7.93. The molecule has 0 aromatic heterocycles. The van der Waals surface area contributed by atoms with E-state index in [2.05, 4.69) is 26.8 Å². The highest BCUT2D eigenvalue weighted by atomic mass is 16.1. The van der Waals surface area contributed by atoms with Crippen molar-refractivity contribution in [3.8, 4) is 0 Å². The van der Waals surface area contributed by atoms with Gasteiger partial charge in [0.1, 0.15) is 0 Å². The fourth-order valence-corrected chi connectivity index (χ4v) is 4.47. The predicted octanol–water partition coefficient (Wildman–Crippen LogP) is 4.05. The second-order valence-electron chi connectivity index (χ2n) is 6.91. The maximum absolute atomic E-state index is 11.6. The van der Waals surface area contributed by atoms with Gasteiger partial charge in [-0.1, -0.05) is 38.8 Å². The lowest BCUT2D eigenvalue weighted by Crippen LogP contribution is -2.37. The molecule has 3 rings (SSSR count). The van der Waals surface area contributed by atoms with Crippen molar-refractivity contribution >= 4 is 5.78 Å². The van der Waals surface area contributed by atoms with Gasteiger partial charge in [0.25, 0.3) is 0 Å². The molecule has 0 heterocycles. The van der Waals surface area contributed by atoms with E-state index in [1.54, 1.807) is 5.57 Å². The summed E-state index contributed by atoms with van der Waals surface area (Å²) in [5.74, 6) is 0.947. The van der Waals surface area contributed by atoms with E-state index in [0.717, 1.165) is 12.8 Å². The van der Waals surface area contributed by atoms with Gasteiger partial charge in [-0.25, -0.2) is 0 Å². The Hall–Kier alpha value is -0.850. The Morgan fingerprint density at radius 1 is 1.18 bits per heavy atom. The molecule has 1 unspecified atom stereocenters. The maximum Gasteiger partial charge on any atom is 0.155 e. The zero-order valence-corrected chi connectivity index (χ0v) is 11.2. The van der Waals surface area contributed by atoms with Crippen molar-refractivity contribution < 1.29 is 4.79 Å². The normalized spacial score (nSPS) is 39.2. The molecule has 0 bridgehead atoms. The molecule has 0 aromatic rings. The van der Waals surface area contributed by atoms with E-state index < -0.39 is 0 Å². The smallest absolute Gasteiger partial charge is 0.155 e. The van der Waals surface area contributed by atoms with Gasteiger partial charge >= 0.3 is 0 Å². The van der Waals surface area contributed by atoms with Crippen molar-refractivity contribution in [3.63, 3.8) is 0 Å². The van der Waals surface area contributed by atoms with E-state index in [-0.39, 0.29) is 0 Å². The van der Waals surface area contributed by atoms with Gasteiger partial charge < -0.3 is 0 Å². The van der Waals surface area contributed by atoms with Crippen LogP contribution in [0.25, 0.3) is 0 Å². The van der Waals surface area contributed by atoms with Crippen molar-refractivity contribution in [1.82, 2.24) is 0 Å². The molecule has 0 spiro atoms. The van der Waals surface area contributed by atoms with Crippen molar-refractivity contribution in [2.75, 3.05) is 0 Å². The molecule has 1 nitrogen and oxygen atoms in total. The third kappa shape index (κ3) is 1.47. The molecule has 3 aliphatic rings. The molecular formula is C16H22O. The average molecular weight is 230 g/mol. The predicted molar refractivity (Wildman–Crippen MR) is 69.6 cm³/mol. The Kier molecular flexibility index (Phi) is 2.21. The van der Waals surface area contributed by atoms with E-state index in [1.807, 2.05) is 6.08 Å². The SMILES string of the molecule is CC1(C)CCC[C@]2(C)C1=CC1=CC(=O)CCC12. The van der Waals surface area contributed by atoms with E-state index in [1.165, 1.54) is 24.8 Å². The topological polar surface area (TPSA) is 17.1 Å². The molecule has 1 fully saturated rings. The number of hydrogen-bond acceptors (Lipinski definition) is 1. The van der Waals surface area contributed by atoms with Crippen LogP contribution in [-0.2, 0) is 4.79 Å². The van der Waals surface area contributed by atoms with Crippen LogP contribution >= 0.6 is 0 Å². The molecule has 2 atom stereocenters. The number of fused-ring (bicyclic) bond motifs is 3. The standard InChI is InChI=1S/C16H22O/c1-15(2)7-4-8-16(3)13-6-5-12(17)9-11(13)10-14(15)16/h9-10,13H,4-8H2,1-3H3/t13?,16-/m0/s1. The average Bonchev–Trinajstić information content (AvgIpc) is 2.52. The fourth-order valence-electron chi connectivity index (χ4n) is 4.47. The summed E-state index contributed by atoms with van der Waals surface area (Å²) >= 11 is 0. The first-order valence-corrected chi connectivity index (χ1v) is 6.91. The second kappa shape index (κ2) is 3.34. The lowest BCUT2D eigenvalue weighted by molar-refractivity contribution is -0.115. The highest BCUT2D eigenvalue weighted by Crippen LogP contribution is 2.61. The molecule has 0 saturated heterocycles. The fraction of sp³-hybridized carbons (Fsp3) is 0.688. The van der Waals surface area contributed by atoms with Crippen molar-refractivity contribution in [1.29, 1.82) is 0 Å². The number of allylic oxidation sites excluding steroid dienone is 4. The molecule has 1 heteroatoms. The summed E-state index contributed by atoms with van der Waals surface area (Å²) in [4.78, 5) is 11.6. The third-order valence-corrected chi connectivity index (χ3v) is 5.33. The molecule has 1 saturated carbocycles. The summed E-state index contributed by atoms with van der Waals surface area (Å²) in [5.41, 5.74) is 3.61. The molecule has 3 aliphatic carbocycles. The lowest BCUT2D eigenvalue weighted by atomic mass is 9.57. The summed E-state index contributed by atoms with van der Waals surface area (Å²) in [7, 11) is 0. The molecule has 0 N–H and O–H groups in total. The second-order valence-corrected chi connectivity index (χ2v) is 6.91. The first-order valence-electron chi connectivity index (χ1n) is 6.91. The van der Waals surface area contributed by atoms with Gasteiger partial charge in [-0.05, 0) is 47.7 Å². The van der Waals surface area contributed by atoms with Crippen LogP contribution in [0.3, 0.4) is 0 Å². The molecular weight excluding hydrogens is 208 g/mol. The largest absolute Gasteiger partial charge is 0.295 e. The molecule has 0 aromatic carbocycles. The minimum Gasteiger partial charge on any atom is -0.295 e. The van der Waals surface area contributed by atoms with Gasteiger partial charge in [0, 0.05) is 6.42 Å². The Bertz CT molecular complexity index is 438. The van der Waals surface area contributed by atoms with E-state index in [0.29, 0.717) is 22.5 Å². The lowest BCUT2D eigenvalue weighted by Gasteiger charge is -2.46. The van der Waals surface area contributed by atoms with Gasteiger partial charge in [-0.3, -0.25) is 4.79 Å². The van der Waals surface area contributed by atoms with Crippen LogP contribution in [0.1, 0.15) is 52.9 Å². The number of hydrogen-bond donors (Lipinski definition) is 0. The maximum atomic E-state index is 11.6. The number of carbonyl (C=O) groups is 1.